The summed E-state index contributed by atoms with van der Waals surface area (Å²) in [5, 5.41) is 4.45. The number of likely N-dealkylation sites (tertiary alicyclic amines) is 1. The van der Waals surface area contributed by atoms with Crippen LogP contribution in [0.1, 0.15) is 30.9 Å². The highest BCUT2D eigenvalue weighted by atomic mass is 16.5. The van der Waals surface area contributed by atoms with Crippen molar-refractivity contribution in [2.24, 2.45) is 0 Å². The lowest BCUT2D eigenvalue weighted by molar-refractivity contribution is -0.121. The highest BCUT2D eigenvalue weighted by Crippen LogP contribution is 2.26. The Labute approximate surface area is 205 Å². The van der Waals surface area contributed by atoms with Crippen molar-refractivity contribution in [3.05, 3.63) is 88.6 Å². The van der Waals surface area contributed by atoms with E-state index in [1.165, 1.54) is 24.8 Å². The summed E-state index contributed by atoms with van der Waals surface area (Å²) in [5.74, 6) is 0.756. The van der Waals surface area contributed by atoms with E-state index in [2.05, 4.69) is 22.3 Å². The number of ether oxygens (including phenoxy) is 1. The molecule has 35 heavy (non-hydrogen) atoms. The van der Waals surface area contributed by atoms with Crippen LogP contribution < -0.4 is 15.5 Å². The molecule has 0 spiro atoms. The van der Waals surface area contributed by atoms with Crippen LogP contribution in [0, 0.1) is 0 Å². The fourth-order valence-electron chi connectivity index (χ4n) is 5.17. The standard InChI is InChI=1S/C29H31N3O3/c1-35-22-15-13-21(14-16-22)27(31-17-7-2-8-18-31)19-30-28(33)20-32-25-11-5-3-9-23(25)29(34)24-10-4-6-12-26(24)32/h3-6,9-16,27H,2,7-8,17-20H2,1H3,(H,30,33). The van der Waals surface area contributed by atoms with Crippen molar-refractivity contribution < 1.29 is 9.53 Å². The minimum absolute atomic E-state index is 0.00229. The second-order valence-electron chi connectivity index (χ2n) is 9.14. The van der Waals surface area contributed by atoms with Crippen LogP contribution in [0.3, 0.4) is 0 Å². The van der Waals surface area contributed by atoms with Gasteiger partial charge in [-0.05, 0) is 67.9 Å². The van der Waals surface area contributed by atoms with E-state index >= 15 is 0 Å². The first-order valence-electron chi connectivity index (χ1n) is 12.3. The van der Waals surface area contributed by atoms with Gasteiger partial charge in [-0.2, -0.15) is 0 Å². The van der Waals surface area contributed by atoms with Crippen LogP contribution >= 0.6 is 0 Å². The number of aromatic nitrogens is 1. The normalized spacial score (nSPS) is 15.2. The molecule has 6 nitrogen and oxygen atoms in total. The predicted molar refractivity (Wildman–Crippen MR) is 140 cm³/mol. The molecule has 0 saturated carbocycles. The van der Waals surface area contributed by atoms with Gasteiger partial charge >= 0.3 is 0 Å². The molecule has 1 atom stereocenters. The Bertz CT molecular complexity index is 1330. The first-order chi connectivity index (χ1) is 17.2. The second-order valence-corrected chi connectivity index (χ2v) is 9.14. The largest absolute Gasteiger partial charge is 0.497 e. The van der Waals surface area contributed by atoms with Crippen molar-refractivity contribution in [2.45, 2.75) is 31.8 Å². The van der Waals surface area contributed by atoms with Crippen molar-refractivity contribution in [2.75, 3.05) is 26.7 Å². The highest BCUT2D eigenvalue weighted by Gasteiger charge is 2.23. The molecule has 4 aromatic rings. The number of carbonyl (C=O) groups excluding carboxylic acids is 1. The lowest BCUT2D eigenvalue weighted by Gasteiger charge is -2.35. The van der Waals surface area contributed by atoms with Gasteiger partial charge in [0, 0.05) is 17.3 Å². The molecule has 0 radical (unpaired) electrons. The van der Waals surface area contributed by atoms with Crippen LogP contribution in [-0.4, -0.2) is 42.1 Å². The van der Waals surface area contributed by atoms with E-state index in [1.807, 2.05) is 65.2 Å². The van der Waals surface area contributed by atoms with Gasteiger partial charge in [-0.3, -0.25) is 14.5 Å². The fourth-order valence-corrected chi connectivity index (χ4v) is 5.17. The third-order valence-electron chi connectivity index (χ3n) is 7.01. The summed E-state index contributed by atoms with van der Waals surface area (Å²) < 4.78 is 7.28. The number of carbonyl (C=O) groups is 1. The van der Waals surface area contributed by atoms with Gasteiger partial charge in [0.15, 0.2) is 5.43 Å². The minimum Gasteiger partial charge on any atom is -0.497 e. The van der Waals surface area contributed by atoms with Gasteiger partial charge in [0.05, 0.1) is 24.2 Å². The average molecular weight is 470 g/mol. The zero-order chi connectivity index (χ0) is 24.2. The van der Waals surface area contributed by atoms with Crippen LogP contribution in [0.15, 0.2) is 77.6 Å². The summed E-state index contributed by atoms with van der Waals surface area (Å²) in [5.41, 5.74) is 2.72. The molecular formula is C29H31N3O3. The topological polar surface area (TPSA) is 63.6 Å². The summed E-state index contributed by atoms with van der Waals surface area (Å²) in [6.45, 7) is 2.74. The smallest absolute Gasteiger partial charge is 0.240 e. The maximum Gasteiger partial charge on any atom is 0.240 e. The highest BCUT2D eigenvalue weighted by molar-refractivity contribution is 5.94. The lowest BCUT2D eigenvalue weighted by Crippen LogP contribution is -2.41. The van der Waals surface area contributed by atoms with Crippen LogP contribution in [0.25, 0.3) is 21.8 Å². The van der Waals surface area contributed by atoms with Gasteiger partial charge in [-0.1, -0.05) is 42.8 Å². The van der Waals surface area contributed by atoms with Gasteiger partial charge in [0.1, 0.15) is 12.3 Å². The Hall–Kier alpha value is -3.64. The predicted octanol–water partition coefficient (Wildman–Crippen LogP) is 4.51. The van der Waals surface area contributed by atoms with Gasteiger partial charge in [-0.25, -0.2) is 0 Å². The summed E-state index contributed by atoms with van der Waals surface area (Å²) in [6, 6.07) is 23.2. The molecule has 3 aromatic carbocycles. The van der Waals surface area contributed by atoms with Gasteiger partial charge in [0.25, 0.3) is 0 Å². The number of pyridine rings is 1. The van der Waals surface area contributed by atoms with E-state index < -0.39 is 0 Å². The van der Waals surface area contributed by atoms with Crippen LogP contribution in [0.2, 0.25) is 0 Å². The molecule has 1 fully saturated rings. The molecule has 1 amide bonds. The Morgan fingerprint density at radius 1 is 0.886 bits per heavy atom. The Kier molecular flexibility index (Phi) is 6.82. The third-order valence-corrected chi connectivity index (χ3v) is 7.01. The van der Waals surface area contributed by atoms with Gasteiger partial charge in [0.2, 0.25) is 5.91 Å². The summed E-state index contributed by atoms with van der Waals surface area (Å²) in [4.78, 5) is 28.7. The number of rotatable bonds is 7. The molecule has 1 N–H and O–H groups in total. The lowest BCUT2D eigenvalue weighted by atomic mass is 10.0. The minimum atomic E-state index is -0.0699. The Balaban J connectivity index is 1.40. The molecule has 0 aliphatic carbocycles. The molecule has 1 unspecified atom stereocenters. The van der Waals surface area contributed by atoms with Crippen molar-refractivity contribution >= 4 is 27.7 Å². The van der Waals surface area contributed by atoms with Gasteiger partial charge in [-0.15, -0.1) is 0 Å². The third kappa shape index (κ3) is 4.80. The molecule has 180 valence electrons. The Morgan fingerprint density at radius 2 is 1.49 bits per heavy atom. The molecule has 2 heterocycles. The van der Waals surface area contributed by atoms with E-state index in [0.717, 1.165) is 29.9 Å². The number of piperidine rings is 1. The maximum absolute atomic E-state index is 13.3. The first-order valence-corrected chi connectivity index (χ1v) is 12.3. The van der Waals surface area contributed by atoms with Crippen molar-refractivity contribution in [1.82, 2.24) is 14.8 Å². The van der Waals surface area contributed by atoms with Crippen LogP contribution in [0.4, 0.5) is 0 Å². The van der Waals surface area contributed by atoms with E-state index in [0.29, 0.717) is 17.3 Å². The van der Waals surface area contributed by atoms with Crippen molar-refractivity contribution in [1.29, 1.82) is 0 Å². The van der Waals surface area contributed by atoms with Crippen LogP contribution in [-0.2, 0) is 11.3 Å². The Morgan fingerprint density at radius 3 is 2.09 bits per heavy atom. The molecule has 5 rings (SSSR count). The molecule has 1 aliphatic heterocycles. The van der Waals surface area contributed by atoms with E-state index in [-0.39, 0.29) is 23.9 Å². The number of methoxy groups -OCH3 is 1. The van der Waals surface area contributed by atoms with Crippen molar-refractivity contribution in [3.8, 4) is 5.75 Å². The van der Waals surface area contributed by atoms with Crippen molar-refractivity contribution in [3.63, 3.8) is 0 Å². The number of hydrogen-bond acceptors (Lipinski definition) is 4. The zero-order valence-corrected chi connectivity index (χ0v) is 20.1. The number of amides is 1. The van der Waals surface area contributed by atoms with E-state index in [4.69, 9.17) is 4.74 Å². The summed E-state index contributed by atoms with van der Waals surface area (Å²) in [6.07, 6.45) is 3.61. The molecule has 1 aliphatic rings. The molecule has 6 heteroatoms. The van der Waals surface area contributed by atoms with E-state index in [9.17, 15) is 9.59 Å². The summed E-state index contributed by atoms with van der Waals surface area (Å²) >= 11 is 0. The quantitative estimate of drug-likeness (QED) is 0.405. The maximum atomic E-state index is 13.3. The second kappa shape index (κ2) is 10.3. The number of hydrogen-bond donors (Lipinski definition) is 1. The first kappa shape index (κ1) is 23.1. The monoisotopic (exact) mass is 469 g/mol. The zero-order valence-electron chi connectivity index (χ0n) is 20.1. The SMILES string of the molecule is COc1ccc(C(CNC(=O)Cn2c3ccccc3c(=O)c3ccccc32)N2CCCCC2)cc1. The molecule has 1 saturated heterocycles. The number of fused-ring (bicyclic) bond motifs is 2. The molecule has 1 aromatic heterocycles. The fraction of sp³-hybridized carbons (Fsp3) is 0.310. The molecule has 0 bridgehead atoms. The van der Waals surface area contributed by atoms with E-state index in [1.54, 1.807) is 7.11 Å². The average Bonchev–Trinajstić information content (AvgIpc) is 2.92. The number of nitrogens with zero attached hydrogens (tertiary/aromatic N) is 2. The summed E-state index contributed by atoms with van der Waals surface area (Å²) in [7, 11) is 1.67. The number of benzene rings is 3. The van der Waals surface area contributed by atoms with Gasteiger partial charge < -0.3 is 14.6 Å². The number of para-hydroxylation sites is 2. The van der Waals surface area contributed by atoms with Crippen LogP contribution in [0.5, 0.6) is 5.75 Å². The molecular weight excluding hydrogens is 438 g/mol. The number of nitrogens with one attached hydrogen (secondary N) is 1.